The van der Waals surface area contributed by atoms with Gasteiger partial charge in [0.2, 0.25) is 5.95 Å². The minimum absolute atomic E-state index is 0.0157. The van der Waals surface area contributed by atoms with Gasteiger partial charge in [-0.3, -0.25) is 14.6 Å². The Labute approximate surface area is 223 Å². The van der Waals surface area contributed by atoms with Crippen LogP contribution in [0.25, 0.3) is 11.0 Å². The number of aromatic nitrogens is 3. The molecule has 1 saturated heterocycles. The van der Waals surface area contributed by atoms with Crippen LogP contribution in [0, 0.1) is 11.8 Å². The zero-order valence-electron chi connectivity index (χ0n) is 20.9. The number of nitrogens with zero attached hydrogens (tertiary/aromatic N) is 4. The normalized spacial score (nSPS) is 20.5. The quantitative estimate of drug-likeness (QED) is 0.135. The Morgan fingerprint density at radius 1 is 1.53 bits per heavy atom. The van der Waals surface area contributed by atoms with E-state index in [0.29, 0.717) is 6.42 Å². The van der Waals surface area contributed by atoms with Gasteiger partial charge in [-0.1, -0.05) is 33.4 Å². The number of aliphatic hydroxyl groups excluding tert-OH is 1. The van der Waals surface area contributed by atoms with Gasteiger partial charge in [-0.15, -0.1) is 0 Å². The van der Waals surface area contributed by atoms with Gasteiger partial charge in [-0.25, -0.2) is 4.99 Å². The maximum atomic E-state index is 13.0. The van der Waals surface area contributed by atoms with E-state index >= 15 is 0 Å². The standard InChI is InChI=1S/C22H27F3N6O5S2/c1-12(38-37-4)35-14-8-16(36-15(14)10-32)31-9-13(6-5-7-26-20(34)22(23,24)25)17-18(31)28-21(29-19(17)33)27-11-30(2)3/h9,11-12,14-16,32H,7-8,10H2,1-4H3,(H,26,34)(H,28,29,33)/b27-11-/t12-,14-,15?,16-/m1/s1. The Kier molecular flexibility index (Phi) is 10.1. The number of halogens is 3. The van der Waals surface area contributed by atoms with Crippen LogP contribution < -0.4 is 10.9 Å². The van der Waals surface area contributed by atoms with Crippen LogP contribution in [0.3, 0.4) is 0 Å². The van der Waals surface area contributed by atoms with Crippen LogP contribution in [0.2, 0.25) is 0 Å². The average Bonchev–Trinajstić information content (AvgIpc) is 3.41. The van der Waals surface area contributed by atoms with E-state index in [9.17, 15) is 27.9 Å². The lowest BCUT2D eigenvalue weighted by molar-refractivity contribution is -0.173. The average molecular weight is 577 g/mol. The van der Waals surface area contributed by atoms with Gasteiger partial charge in [0, 0.05) is 26.7 Å². The Balaban J connectivity index is 1.99. The van der Waals surface area contributed by atoms with E-state index in [-0.39, 0.29) is 34.6 Å². The third-order valence-electron chi connectivity index (χ3n) is 5.17. The predicted molar refractivity (Wildman–Crippen MR) is 139 cm³/mol. The summed E-state index contributed by atoms with van der Waals surface area (Å²) in [5.74, 6) is 2.96. The summed E-state index contributed by atoms with van der Waals surface area (Å²) in [6, 6.07) is 0. The molecule has 3 rings (SSSR count). The zero-order chi connectivity index (χ0) is 28.0. The van der Waals surface area contributed by atoms with Crippen LogP contribution in [0.1, 0.15) is 25.1 Å². The monoisotopic (exact) mass is 576 g/mol. The van der Waals surface area contributed by atoms with Gasteiger partial charge in [-0.2, -0.15) is 18.2 Å². The summed E-state index contributed by atoms with van der Waals surface area (Å²) in [6.45, 7) is 0.999. The molecule has 1 unspecified atom stereocenters. The minimum atomic E-state index is -5.03. The molecule has 0 aromatic carbocycles. The molecule has 0 aliphatic carbocycles. The summed E-state index contributed by atoms with van der Waals surface area (Å²) in [6.07, 6.45) is -1.61. The molecule has 2 aromatic heterocycles. The van der Waals surface area contributed by atoms with E-state index in [0.717, 1.165) is 0 Å². The van der Waals surface area contributed by atoms with Gasteiger partial charge in [0.25, 0.3) is 5.56 Å². The van der Waals surface area contributed by atoms with Gasteiger partial charge in [0.05, 0.1) is 36.5 Å². The first-order valence-electron chi connectivity index (χ1n) is 11.2. The molecule has 3 N–H and O–H groups in total. The number of alkyl halides is 3. The summed E-state index contributed by atoms with van der Waals surface area (Å²) in [7, 11) is 6.54. The summed E-state index contributed by atoms with van der Waals surface area (Å²) >= 11 is 0. The molecule has 1 fully saturated rings. The van der Waals surface area contributed by atoms with Crippen molar-refractivity contribution in [1.29, 1.82) is 0 Å². The molecule has 1 aliphatic rings. The molecule has 0 spiro atoms. The molecular weight excluding hydrogens is 549 g/mol. The highest BCUT2D eigenvalue weighted by Gasteiger charge is 2.39. The first-order chi connectivity index (χ1) is 17.9. The molecule has 1 amide bonds. The maximum Gasteiger partial charge on any atom is 0.471 e. The molecule has 0 radical (unpaired) electrons. The van der Waals surface area contributed by atoms with Crippen molar-refractivity contribution in [3.8, 4) is 11.8 Å². The summed E-state index contributed by atoms with van der Waals surface area (Å²) in [5, 5.41) is 11.6. The molecule has 1 aliphatic heterocycles. The molecule has 38 heavy (non-hydrogen) atoms. The third kappa shape index (κ3) is 7.44. The highest BCUT2D eigenvalue weighted by Crippen LogP contribution is 2.36. The Bertz CT molecular complexity index is 1290. The molecule has 11 nitrogen and oxygen atoms in total. The van der Waals surface area contributed by atoms with Gasteiger partial charge < -0.3 is 29.4 Å². The number of fused-ring (bicyclic) bond motifs is 1. The SMILES string of the molecule is CSS[C@H](C)O[C@@H]1C[C@H](n2cc(C#CCNC(=O)C(F)(F)F)c3c(=O)[nH]c(/N=C\N(C)C)nc32)OC1CO. The van der Waals surface area contributed by atoms with Crippen LogP contribution in [0.4, 0.5) is 19.1 Å². The number of nitrogens with one attached hydrogen (secondary N) is 2. The van der Waals surface area contributed by atoms with Crippen molar-refractivity contribution in [3.63, 3.8) is 0 Å². The van der Waals surface area contributed by atoms with Crippen molar-refractivity contribution < 1.29 is 32.5 Å². The lowest BCUT2D eigenvalue weighted by atomic mass is 10.2. The molecule has 208 valence electrons. The van der Waals surface area contributed by atoms with Crippen molar-refractivity contribution in [1.82, 2.24) is 24.8 Å². The van der Waals surface area contributed by atoms with Gasteiger partial charge >= 0.3 is 12.1 Å². The van der Waals surface area contributed by atoms with E-state index in [1.165, 1.54) is 23.3 Å². The van der Waals surface area contributed by atoms with Crippen LogP contribution in [0.5, 0.6) is 0 Å². The Morgan fingerprint density at radius 3 is 2.89 bits per heavy atom. The number of hydrogen-bond donors (Lipinski definition) is 3. The fraction of sp³-hybridized carbons (Fsp3) is 0.545. The number of amides is 1. The van der Waals surface area contributed by atoms with E-state index in [2.05, 4.69) is 26.8 Å². The molecule has 16 heteroatoms. The first-order valence-corrected chi connectivity index (χ1v) is 13.9. The predicted octanol–water partition coefficient (Wildman–Crippen LogP) is 2.00. The second-order valence-electron chi connectivity index (χ2n) is 8.28. The number of carbonyl (C=O) groups is 1. The fourth-order valence-electron chi connectivity index (χ4n) is 3.64. The number of aliphatic imine (C=N–C) groups is 1. The Morgan fingerprint density at radius 2 is 2.26 bits per heavy atom. The smallest absolute Gasteiger partial charge is 0.394 e. The van der Waals surface area contributed by atoms with E-state index in [1.807, 2.05) is 13.2 Å². The summed E-state index contributed by atoms with van der Waals surface area (Å²) in [5.41, 5.74) is -0.401. The van der Waals surface area contributed by atoms with Crippen molar-refractivity contribution in [3.05, 3.63) is 22.1 Å². The van der Waals surface area contributed by atoms with Crippen LogP contribution in [-0.2, 0) is 14.3 Å². The highest BCUT2D eigenvalue weighted by molar-refractivity contribution is 8.76. The van der Waals surface area contributed by atoms with Gasteiger partial charge in [0.1, 0.15) is 17.8 Å². The number of rotatable bonds is 9. The molecule has 4 atom stereocenters. The number of aliphatic hydroxyl groups is 1. The van der Waals surface area contributed by atoms with Gasteiger partial charge in [-0.05, 0) is 13.2 Å². The number of H-pyrrole nitrogens is 1. The largest absolute Gasteiger partial charge is 0.471 e. The van der Waals surface area contributed by atoms with Crippen LogP contribution in [-0.4, -0.2) is 94.1 Å². The second-order valence-corrected chi connectivity index (χ2v) is 11.0. The van der Waals surface area contributed by atoms with E-state index in [4.69, 9.17) is 9.47 Å². The lowest BCUT2D eigenvalue weighted by Gasteiger charge is -2.20. The molecule has 2 aromatic rings. The van der Waals surface area contributed by atoms with Crippen molar-refractivity contribution in [2.45, 2.75) is 43.4 Å². The molecule has 0 bridgehead atoms. The van der Waals surface area contributed by atoms with E-state index in [1.54, 1.807) is 39.7 Å². The zero-order valence-corrected chi connectivity index (χ0v) is 22.5. The summed E-state index contributed by atoms with van der Waals surface area (Å²) < 4.78 is 50.9. The molecular formula is C22H27F3N6O5S2. The molecule has 3 heterocycles. The van der Waals surface area contributed by atoms with Crippen molar-refractivity contribution in [2.75, 3.05) is 33.5 Å². The Hall–Kier alpha value is -2.71. The number of ether oxygens (including phenoxy) is 2. The van der Waals surface area contributed by atoms with Crippen LogP contribution >= 0.6 is 21.6 Å². The highest BCUT2D eigenvalue weighted by atomic mass is 33.1. The second kappa shape index (κ2) is 12.9. The fourth-order valence-corrected chi connectivity index (χ4v) is 5.04. The summed E-state index contributed by atoms with van der Waals surface area (Å²) in [4.78, 5) is 36.8. The number of hydrogen-bond acceptors (Lipinski definition) is 9. The van der Waals surface area contributed by atoms with E-state index < -0.39 is 42.6 Å². The van der Waals surface area contributed by atoms with Gasteiger partial charge in [0.15, 0.2) is 5.65 Å². The van der Waals surface area contributed by atoms with Crippen molar-refractivity contribution in [2.24, 2.45) is 4.99 Å². The number of carbonyl (C=O) groups excluding carboxylic acids is 1. The molecule has 0 saturated carbocycles. The maximum absolute atomic E-state index is 13.0. The van der Waals surface area contributed by atoms with Crippen molar-refractivity contribution >= 4 is 50.8 Å². The first kappa shape index (κ1) is 29.8. The topological polar surface area (TPSA) is 134 Å². The number of aromatic amines is 1. The third-order valence-corrected chi connectivity index (χ3v) is 7.13. The lowest BCUT2D eigenvalue weighted by Crippen LogP contribution is -2.36. The minimum Gasteiger partial charge on any atom is -0.394 e. The van der Waals surface area contributed by atoms with Crippen LogP contribution in [0.15, 0.2) is 16.0 Å².